The highest BCUT2D eigenvalue weighted by Crippen LogP contribution is 2.25. The minimum absolute atomic E-state index is 0.296. The summed E-state index contributed by atoms with van der Waals surface area (Å²) in [4.78, 5) is 8.82. The van der Waals surface area contributed by atoms with Crippen LogP contribution in [0.5, 0.6) is 0 Å². The average molecular weight is 375 g/mol. The smallest absolute Gasteiger partial charge is 0.139 e. The highest BCUT2D eigenvalue weighted by molar-refractivity contribution is 9.10. The van der Waals surface area contributed by atoms with Gasteiger partial charge in [-0.05, 0) is 22.0 Å². The van der Waals surface area contributed by atoms with Crippen molar-refractivity contribution in [2.45, 2.75) is 13.0 Å². The van der Waals surface area contributed by atoms with Crippen molar-refractivity contribution in [2.24, 2.45) is 0 Å². The monoisotopic (exact) mass is 373 g/mol. The second-order valence-corrected chi connectivity index (χ2v) is 6.45. The zero-order valence-corrected chi connectivity index (χ0v) is 13.5. The average Bonchev–Trinajstić information content (AvgIpc) is 3.02. The maximum absolute atomic E-state index is 13.8. The zero-order valence-electron chi connectivity index (χ0n) is 10.3. The molecule has 0 atom stereocenters. The van der Waals surface area contributed by atoms with E-state index in [0.717, 1.165) is 21.9 Å². The van der Waals surface area contributed by atoms with Crippen LogP contribution in [0.2, 0.25) is 0 Å². The van der Waals surface area contributed by atoms with Crippen LogP contribution in [-0.2, 0) is 13.0 Å². The van der Waals surface area contributed by atoms with E-state index in [-0.39, 0.29) is 5.82 Å². The van der Waals surface area contributed by atoms with Crippen molar-refractivity contribution >= 4 is 49.9 Å². The number of rotatable bonds is 4. The van der Waals surface area contributed by atoms with Crippen LogP contribution in [0, 0.1) is 5.82 Å². The molecule has 3 rings (SSSR count). The largest absolute Gasteiger partial charge is 0.321 e. The Balaban J connectivity index is 2.15. The van der Waals surface area contributed by atoms with Gasteiger partial charge in [0.2, 0.25) is 0 Å². The maximum atomic E-state index is 13.8. The topological polar surface area (TPSA) is 30.7 Å². The summed E-state index contributed by atoms with van der Waals surface area (Å²) in [6.07, 6.45) is 2.40. The molecule has 0 N–H and O–H groups in total. The molecule has 3 aromatic rings. The molecule has 0 aliphatic carbocycles. The van der Waals surface area contributed by atoms with Gasteiger partial charge in [-0.3, -0.25) is 0 Å². The summed E-state index contributed by atoms with van der Waals surface area (Å²) < 4.78 is 16.2. The van der Waals surface area contributed by atoms with Crippen molar-refractivity contribution in [3.8, 4) is 0 Å². The van der Waals surface area contributed by atoms with Gasteiger partial charge < -0.3 is 4.57 Å². The zero-order chi connectivity index (χ0) is 14.1. The van der Waals surface area contributed by atoms with Crippen LogP contribution in [0.1, 0.15) is 10.8 Å². The van der Waals surface area contributed by atoms with E-state index in [1.165, 1.54) is 6.07 Å². The molecule has 3 nitrogen and oxygen atoms in total. The van der Waals surface area contributed by atoms with Gasteiger partial charge in [-0.1, -0.05) is 0 Å². The summed E-state index contributed by atoms with van der Waals surface area (Å²) in [5.74, 6) is 1.03. The third-order valence-corrected chi connectivity index (χ3v) is 4.53. The highest BCUT2D eigenvalue weighted by atomic mass is 79.9. The first-order chi connectivity index (χ1) is 9.69. The molecule has 0 radical (unpaired) electrons. The normalized spacial score (nSPS) is 11.3. The van der Waals surface area contributed by atoms with Gasteiger partial charge in [-0.15, -0.1) is 22.9 Å². The van der Waals surface area contributed by atoms with Gasteiger partial charge in [0, 0.05) is 29.9 Å². The van der Waals surface area contributed by atoms with E-state index >= 15 is 0 Å². The van der Waals surface area contributed by atoms with Crippen LogP contribution in [0.4, 0.5) is 4.39 Å². The van der Waals surface area contributed by atoms with Gasteiger partial charge in [0.1, 0.15) is 16.6 Å². The van der Waals surface area contributed by atoms with E-state index < -0.39 is 0 Å². The number of hydrogen-bond acceptors (Lipinski definition) is 3. The van der Waals surface area contributed by atoms with Crippen molar-refractivity contribution in [1.82, 2.24) is 14.5 Å². The van der Waals surface area contributed by atoms with Crippen LogP contribution in [-0.4, -0.2) is 20.4 Å². The summed E-state index contributed by atoms with van der Waals surface area (Å²) >= 11 is 10.6. The molecule has 104 valence electrons. The molecule has 2 aromatic heterocycles. The lowest BCUT2D eigenvalue weighted by molar-refractivity contribution is 0.621. The number of aryl methyl sites for hydroxylation is 1. The number of benzene rings is 1. The first kappa shape index (κ1) is 14.0. The Labute approximate surface area is 132 Å². The van der Waals surface area contributed by atoms with Gasteiger partial charge in [0.15, 0.2) is 0 Å². The minimum atomic E-state index is -0.296. The lowest BCUT2D eigenvalue weighted by Gasteiger charge is -2.06. The van der Waals surface area contributed by atoms with Crippen LogP contribution in [0.3, 0.4) is 0 Å². The minimum Gasteiger partial charge on any atom is -0.321 e. The molecular formula is C13H10BrClFN3S. The predicted molar refractivity (Wildman–Crippen MR) is 83.0 cm³/mol. The number of alkyl halides is 1. The summed E-state index contributed by atoms with van der Waals surface area (Å²) in [5.41, 5.74) is 1.52. The summed E-state index contributed by atoms with van der Waals surface area (Å²) in [6, 6.07) is 3.19. The second-order valence-electron chi connectivity index (χ2n) is 4.23. The fourth-order valence-corrected chi connectivity index (χ4v) is 3.19. The molecule has 20 heavy (non-hydrogen) atoms. The molecule has 0 saturated heterocycles. The molecule has 1 aromatic carbocycles. The lowest BCUT2D eigenvalue weighted by Crippen LogP contribution is -2.05. The Morgan fingerprint density at radius 2 is 2.25 bits per heavy atom. The number of thiazole rings is 1. The summed E-state index contributed by atoms with van der Waals surface area (Å²) in [5, 5.41) is 2.88. The Bertz CT molecular complexity index is 742. The Morgan fingerprint density at radius 1 is 1.40 bits per heavy atom. The molecule has 0 bridgehead atoms. The van der Waals surface area contributed by atoms with Crippen molar-refractivity contribution < 1.29 is 4.39 Å². The fourth-order valence-electron chi connectivity index (χ4n) is 2.09. The molecule has 0 fully saturated rings. The molecular weight excluding hydrogens is 365 g/mol. The number of nitrogens with zero attached hydrogens (tertiary/aromatic N) is 3. The number of aromatic nitrogens is 3. The molecule has 7 heteroatoms. The van der Waals surface area contributed by atoms with E-state index in [1.54, 1.807) is 23.6 Å². The fraction of sp³-hybridized carbons (Fsp3) is 0.231. The van der Waals surface area contributed by atoms with Crippen molar-refractivity contribution in [3.05, 3.63) is 44.8 Å². The van der Waals surface area contributed by atoms with Gasteiger partial charge in [-0.2, -0.15) is 0 Å². The Kier molecular flexibility index (Phi) is 4.05. The molecule has 2 heterocycles. The number of fused-ring (bicyclic) bond motifs is 1. The first-order valence-corrected chi connectivity index (χ1v) is 8.18. The molecule has 0 spiro atoms. The third-order valence-electron chi connectivity index (χ3n) is 2.96. The standard InChI is InChI=1S/C13H10BrClFN3S/c14-8-5-10-11(6-9(8)16)19(12(18-10)1-2-15)7-13-17-3-4-20-13/h3-6H,1-2,7H2. The Morgan fingerprint density at radius 3 is 2.95 bits per heavy atom. The molecule has 0 aliphatic heterocycles. The number of halogens is 3. The maximum Gasteiger partial charge on any atom is 0.139 e. The van der Waals surface area contributed by atoms with Crippen LogP contribution < -0.4 is 0 Å². The first-order valence-electron chi connectivity index (χ1n) is 5.97. The number of hydrogen-bond donors (Lipinski definition) is 0. The van der Waals surface area contributed by atoms with Crippen molar-refractivity contribution in [2.75, 3.05) is 5.88 Å². The van der Waals surface area contributed by atoms with E-state index in [2.05, 4.69) is 25.9 Å². The lowest BCUT2D eigenvalue weighted by atomic mass is 10.3. The second kappa shape index (κ2) is 5.79. The van der Waals surface area contributed by atoms with Crippen molar-refractivity contribution in [1.29, 1.82) is 0 Å². The quantitative estimate of drug-likeness (QED) is 0.640. The SMILES string of the molecule is Fc1cc2c(cc1Br)nc(CCCl)n2Cc1nccs1. The molecule has 0 saturated carbocycles. The number of imidazole rings is 1. The van der Waals surface area contributed by atoms with Crippen LogP contribution >= 0.6 is 38.9 Å². The van der Waals surface area contributed by atoms with E-state index in [9.17, 15) is 4.39 Å². The summed E-state index contributed by atoms with van der Waals surface area (Å²) in [7, 11) is 0. The van der Waals surface area contributed by atoms with Gasteiger partial charge in [-0.25, -0.2) is 14.4 Å². The van der Waals surface area contributed by atoms with Crippen LogP contribution in [0.15, 0.2) is 28.2 Å². The van der Waals surface area contributed by atoms with Crippen LogP contribution in [0.25, 0.3) is 11.0 Å². The van der Waals surface area contributed by atoms with Crippen molar-refractivity contribution in [3.63, 3.8) is 0 Å². The molecule has 0 amide bonds. The molecule has 0 unspecified atom stereocenters. The third kappa shape index (κ3) is 2.60. The predicted octanol–water partition coefficient (Wildman–Crippen LogP) is 4.22. The van der Waals surface area contributed by atoms with Gasteiger partial charge in [0.25, 0.3) is 0 Å². The highest BCUT2D eigenvalue weighted by Gasteiger charge is 2.14. The van der Waals surface area contributed by atoms with E-state index in [1.807, 2.05) is 9.95 Å². The van der Waals surface area contributed by atoms with Gasteiger partial charge >= 0.3 is 0 Å². The van der Waals surface area contributed by atoms with E-state index in [0.29, 0.717) is 23.3 Å². The Hall–Kier alpha value is -0.980. The van der Waals surface area contributed by atoms with E-state index in [4.69, 9.17) is 11.6 Å². The summed E-state index contributed by atoms with van der Waals surface area (Å²) in [6.45, 7) is 0.585. The van der Waals surface area contributed by atoms with Gasteiger partial charge in [0.05, 0.1) is 22.1 Å². The molecule has 0 aliphatic rings.